The number of carboxylic acids is 1. The van der Waals surface area contributed by atoms with Crippen LogP contribution in [0.5, 0.6) is 0 Å². The molecule has 4 nitrogen and oxygen atoms in total. The third kappa shape index (κ3) is 2.01. The lowest BCUT2D eigenvalue weighted by molar-refractivity contribution is 0.0686. The van der Waals surface area contributed by atoms with Crippen LogP contribution in [0.15, 0.2) is 12.3 Å². The van der Waals surface area contributed by atoms with Crippen LogP contribution >= 0.6 is 0 Å². The molecular weight excluding hydrogens is 206 g/mol. The summed E-state index contributed by atoms with van der Waals surface area (Å²) >= 11 is 0. The molecule has 1 fully saturated rings. The van der Waals surface area contributed by atoms with Crippen LogP contribution in [0.25, 0.3) is 0 Å². The van der Waals surface area contributed by atoms with E-state index in [0.717, 1.165) is 12.8 Å². The van der Waals surface area contributed by atoms with Crippen LogP contribution < -0.4 is 0 Å². The number of hydrogen-bond donors (Lipinski definition) is 1. The number of carboxylic acid groups (broad SMARTS) is 1. The molecule has 4 heteroatoms. The van der Waals surface area contributed by atoms with Gasteiger partial charge in [0.2, 0.25) is 0 Å². The van der Waals surface area contributed by atoms with Crippen LogP contribution in [0.2, 0.25) is 0 Å². The van der Waals surface area contributed by atoms with Crippen molar-refractivity contribution in [2.24, 2.45) is 13.0 Å². The Bertz CT molecular complexity index is 429. The third-order valence-corrected chi connectivity index (χ3v) is 3.24. The zero-order valence-electron chi connectivity index (χ0n) is 9.27. The minimum atomic E-state index is -0.995. The predicted molar refractivity (Wildman–Crippen MR) is 58.7 cm³/mol. The smallest absolute Gasteiger partial charge is 0.352 e. The van der Waals surface area contributed by atoms with E-state index >= 15 is 0 Å². The van der Waals surface area contributed by atoms with E-state index in [1.54, 1.807) is 13.2 Å². The Kier molecular flexibility index (Phi) is 2.81. The summed E-state index contributed by atoms with van der Waals surface area (Å²) in [5.41, 5.74) is 0.684. The van der Waals surface area contributed by atoms with Gasteiger partial charge in [-0.3, -0.25) is 4.79 Å². The second-order valence-corrected chi connectivity index (χ2v) is 4.45. The van der Waals surface area contributed by atoms with Gasteiger partial charge in [0.25, 0.3) is 0 Å². The quantitative estimate of drug-likeness (QED) is 0.792. The molecule has 0 radical (unpaired) electrons. The largest absolute Gasteiger partial charge is 0.477 e. The number of nitrogens with zero attached hydrogens (tertiary/aromatic N) is 1. The molecule has 0 aromatic carbocycles. The second kappa shape index (κ2) is 4.12. The van der Waals surface area contributed by atoms with E-state index in [0.29, 0.717) is 17.9 Å². The van der Waals surface area contributed by atoms with Gasteiger partial charge in [-0.25, -0.2) is 4.79 Å². The molecule has 1 aliphatic carbocycles. The lowest BCUT2D eigenvalue weighted by Gasteiger charge is -2.24. The van der Waals surface area contributed by atoms with Crippen molar-refractivity contribution in [3.63, 3.8) is 0 Å². The molecule has 1 aliphatic rings. The molecule has 0 saturated heterocycles. The van der Waals surface area contributed by atoms with Gasteiger partial charge in [-0.1, -0.05) is 19.3 Å². The minimum Gasteiger partial charge on any atom is -0.477 e. The zero-order valence-corrected chi connectivity index (χ0v) is 9.27. The monoisotopic (exact) mass is 221 g/mol. The maximum absolute atomic E-state index is 11.8. The van der Waals surface area contributed by atoms with E-state index in [9.17, 15) is 9.59 Å². The number of aromatic nitrogens is 1. The summed E-state index contributed by atoms with van der Waals surface area (Å²) in [6.45, 7) is 0. The first-order valence-electron chi connectivity index (χ1n) is 5.51. The van der Waals surface area contributed by atoms with Crippen molar-refractivity contribution in [2.75, 3.05) is 0 Å². The molecular formula is C12H15NO3. The van der Waals surface area contributed by atoms with Crippen molar-refractivity contribution in [3.05, 3.63) is 23.5 Å². The van der Waals surface area contributed by atoms with Crippen LogP contribution in [0, 0.1) is 5.92 Å². The van der Waals surface area contributed by atoms with Crippen LogP contribution in [0.3, 0.4) is 0 Å². The van der Waals surface area contributed by atoms with E-state index in [1.807, 2.05) is 0 Å². The number of rotatable bonds is 4. The van der Waals surface area contributed by atoms with Gasteiger partial charge in [0.15, 0.2) is 5.78 Å². The summed E-state index contributed by atoms with van der Waals surface area (Å²) in [4.78, 5) is 22.6. The normalized spacial score (nSPS) is 15.8. The first kappa shape index (κ1) is 10.9. The average Bonchev–Trinajstić information content (AvgIpc) is 2.53. The highest BCUT2D eigenvalue weighted by Gasteiger charge is 2.22. The molecule has 1 aromatic rings. The van der Waals surface area contributed by atoms with Crippen molar-refractivity contribution in [1.82, 2.24) is 4.57 Å². The highest BCUT2D eigenvalue weighted by molar-refractivity contribution is 5.98. The lowest BCUT2D eigenvalue weighted by Crippen LogP contribution is -2.15. The van der Waals surface area contributed by atoms with Crippen molar-refractivity contribution in [2.45, 2.75) is 25.7 Å². The Hall–Kier alpha value is -1.58. The number of hydrogen-bond acceptors (Lipinski definition) is 2. The Morgan fingerprint density at radius 1 is 1.50 bits per heavy atom. The van der Waals surface area contributed by atoms with E-state index in [-0.39, 0.29) is 11.5 Å². The summed E-state index contributed by atoms with van der Waals surface area (Å²) < 4.78 is 1.48. The maximum Gasteiger partial charge on any atom is 0.352 e. The number of aromatic carboxylic acids is 1. The van der Waals surface area contributed by atoms with Crippen LogP contribution in [-0.2, 0) is 7.05 Å². The molecule has 1 N–H and O–H groups in total. The molecule has 0 spiro atoms. The number of Topliss-reactive ketones (excluding diaryl/α,β-unsaturated/α-hetero) is 1. The average molecular weight is 221 g/mol. The van der Waals surface area contributed by atoms with Crippen LogP contribution in [0.4, 0.5) is 0 Å². The van der Waals surface area contributed by atoms with E-state index in [1.165, 1.54) is 17.1 Å². The Balaban J connectivity index is 2.10. The fourth-order valence-electron chi connectivity index (χ4n) is 2.01. The summed E-state index contributed by atoms with van der Waals surface area (Å²) in [5.74, 6) is -0.418. The maximum atomic E-state index is 11.8. The number of carbonyl (C=O) groups is 2. The van der Waals surface area contributed by atoms with Crippen molar-refractivity contribution < 1.29 is 14.7 Å². The summed E-state index contributed by atoms with van der Waals surface area (Å²) in [7, 11) is 1.64. The van der Waals surface area contributed by atoms with Crippen molar-refractivity contribution in [3.8, 4) is 0 Å². The molecule has 16 heavy (non-hydrogen) atoms. The van der Waals surface area contributed by atoms with E-state index < -0.39 is 5.97 Å². The highest BCUT2D eigenvalue weighted by Crippen LogP contribution is 2.30. The number of carbonyl (C=O) groups excluding carboxylic acids is 1. The third-order valence-electron chi connectivity index (χ3n) is 3.24. The molecule has 0 atom stereocenters. The molecule has 1 saturated carbocycles. The highest BCUT2D eigenvalue weighted by atomic mass is 16.4. The standard InChI is InChI=1S/C12H15NO3/c1-13-7-9(6-10(13)12(15)16)11(14)5-8-3-2-4-8/h6-8H,2-5H2,1H3,(H,15,16). The van der Waals surface area contributed by atoms with Crippen molar-refractivity contribution >= 4 is 11.8 Å². The summed E-state index contributed by atoms with van der Waals surface area (Å²) in [6, 6.07) is 1.46. The van der Waals surface area contributed by atoms with Gasteiger partial charge >= 0.3 is 5.97 Å². The number of ketones is 1. The molecule has 0 unspecified atom stereocenters. The Labute approximate surface area is 93.9 Å². The topological polar surface area (TPSA) is 59.3 Å². The first-order chi connectivity index (χ1) is 7.58. The van der Waals surface area contributed by atoms with Gasteiger partial charge < -0.3 is 9.67 Å². The van der Waals surface area contributed by atoms with Gasteiger partial charge in [-0.2, -0.15) is 0 Å². The van der Waals surface area contributed by atoms with Gasteiger partial charge in [0.1, 0.15) is 5.69 Å². The molecule has 2 rings (SSSR count). The SMILES string of the molecule is Cn1cc(C(=O)CC2CCC2)cc1C(=O)O. The van der Waals surface area contributed by atoms with Crippen LogP contribution in [-0.4, -0.2) is 21.4 Å². The molecule has 0 bridgehead atoms. The lowest BCUT2D eigenvalue weighted by atomic mass is 9.81. The fraction of sp³-hybridized carbons (Fsp3) is 0.500. The molecule has 1 aromatic heterocycles. The fourth-order valence-corrected chi connectivity index (χ4v) is 2.01. The van der Waals surface area contributed by atoms with Gasteiger partial charge in [0, 0.05) is 25.2 Å². The second-order valence-electron chi connectivity index (χ2n) is 4.45. The zero-order chi connectivity index (χ0) is 11.7. The van der Waals surface area contributed by atoms with Crippen LogP contribution in [0.1, 0.15) is 46.5 Å². The van der Waals surface area contributed by atoms with E-state index in [4.69, 9.17) is 5.11 Å². The molecule has 0 aliphatic heterocycles. The van der Waals surface area contributed by atoms with Gasteiger partial charge in [0.05, 0.1) is 0 Å². The van der Waals surface area contributed by atoms with Gasteiger partial charge in [-0.15, -0.1) is 0 Å². The Morgan fingerprint density at radius 2 is 2.19 bits per heavy atom. The molecule has 1 heterocycles. The first-order valence-corrected chi connectivity index (χ1v) is 5.51. The molecule has 0 amide bonds. The predicted octanol–water partition coefficient (Wildman–Crippen LogP) is 2.10. The Morgan fingerprint density at radius 3 is 2.62 bits per heavy atom. The van der Waals surface area contributed by atoms with Crippen molar-refractivity contribution in [1.29, 1.82) is 0 Å². The molecule has 86 valence electrons. The minimum absolute atomic E-state index is 0.0628. The number of aryl methyl sites for hydroxylation is 1. The van der Waals surface area contributed by atoms with Gasteiger partial charge in [-0.05, 0) is 12.0 Å². The summed E-state index contributed by atoms with van der Waals surface area (Å²) in [6.07, 6.45) is 5.63. The van der Waals surface area contributed by atoms with E-state index in [2.05, 4.69) is 0 Å². The summed E-state index contributed by atoms with van der Waals surface area (Å²) in [5, 5.41) is 8.87.